The lowest BCUT2D eigenvalue weighted by Crippen LogP contribution is -1.94. The molecule has 8 heteroatoms. The van der Waals surface area contributed by atoms with Crippen molar-refractivity contribution in [3.05, 3.63) is 48.7 Å². The SMILES string of the molecule is COc1cncc(-c2cc(C)c3c(O)n(-c4cnn(CC#N)c4)cc3n2)c1. The highest BCUT2D eigenvalue weighted by molar-refractivity contribution is 5.90. The Labute approximate surface area is 154 Å². The Hall–Kier alpha value is -3.86. The monoisotopic (exact) mass is 360 g/mol. The summed E-state index contributed by atoms with van der Waals surface area (Å²) in [6, 6.07) is 5.80. The summed E-state index contributed by atoms with van der Waals surface area (Å²) in [6.45, 7) is 2.07. The summed E-state index contributed by atoms with van der Waals surface area (Å²) in [5.74, 6) is 0.735. The van der Waals surface area contributed by atoms with E-state index in [1.54, 1.807) is 42.7 Å². The highest BCUT2D eigenvalue weighted by Crippen LogP contribution is 2.34. The molecule has 4 aromatic rings. The molecule has 0 saturated heterocycles. The second kappa shape index (κ2) is 6.46. The fourth-order valence-electron chi connectivity index (χ4n) is 3.04. The van der Waals surface area contributed by atoms with Gasteiger partial charge in [0.15, 0.2) is 0 Å². The predicted molar refractivity (Wildman–Crippen MR) is 98.7 cm³/mol. The van der Waals surface area contributed by atoms with E-state index >= 15 is 0 Å². The van der Waals surface area contributed by atoms with Crippen molar-refractivity contribution in [2.45, 2.75) is 13.5 Å². The summed E-state index contributed by atoms with van der Waals surface area (Å²) >= 11 is 0. The van der Waals surface area contributed by atoms with E-state index < -0.39 is 0 Å². The molecule has 0 radical (unpaired) electrons. The molecule has 0 fully saturated rings. The molecule has 0 aliphatic carbocycles. The van der Waals surface area contributed by atoms with Gasteiger partial charge in [-0.3, -0.25) is 14.2 Å². The summed E-state index contributed by atoms with van der Waals surface area (Å²) in [7, 11) is 1.59. The van der Waals surface area contributed by atoms with Crippen LogP contribution in [0.2, 0.25) is 0 Å². The average Bonchev–Trinajstić information content (AvgIpc) is 3.26. The normalized spacial score (nSPS) is 10.9. The predicted octanol–water partition coefficient (Wildman–Crippen LogP) is 2.83. The summed E-state index contributed by atoms with van der Waals surface area (Å²) in [5.41, 5.74) is 3.76. The molecule has 0 atom stereocenters. The lowest BCUT2D eigenvalue weighted by molar-refractivity contribution is 0.413. The molecule has 0 spiro atoms. The molecule has 0 aliphatic heterocycles. The van der Waals surface area contributed by atoms with Crippen molar-refractivity contribution in [3.8, 4) is 34.6 Å². The minimum atomic E-state index is 0.0850. The van der Waals surface area contributed by atoms with E-state index in [2.05, 4.69) is 15.1 Å². The highest BCUT2D eigenvalue weighted by Gasteiger charge is 2.16. The molecule has 0 saturated carbocycles. The van der Waals surface area contributed by atoms with Crippen LogP contribution < -0.4 is 4.74 Å². The first-order valence-electron chi connectivity index (χ1n) is 8.21. The van der Waals surface area contributed by atoms with Gasteiger partial charge in [0.2, 0.25) is 5.88 Å². The summed E-state index contributed by atoms with van der Waals surface area (Å²) in [5, 5.41) is 24.3. The standard InChI is InChI=1S/C19H16N6O2/c1-12-5-16(13-6-15(27-2)9-21-7-13)23-17-11-25(19(26)18(12)17)14-8-22-24(10-14)4-3-20/h5-11,26H,4H2,1-2H3. The number of nitrogens with zero attached hydrogens (tertiary/aromatic N) is 6. The second-order valence-electron chi connectivity index (χ2n) is 6.08. The maximum absolute atomic E-state index is 10.7. The molecular formula is C19H16N6O2. The van der Waals surface area contributed by atoms with Crippen LogP contribution in [-0.4, -0.2) is 36.5 Å². The molecular weight excluding hydrogens is 344 g/mol. The van der Waals surface area contributed by atoms with Gasteiger partial charge in [0, 0.05) is 18.0 Å². The Morgan fingerprint density at radius 1 is 1.22 bits per heavy atom. The molecule has 0 bridgehead atoms. The Balaban J connectivity index is 1.84. The first-order valence-corrected chi connectivity index (χ1v) is 8.21. The van der Waals surface area contributed by atoms with Crippen LogP contribution in [0.1, 0.15) is 5.56 Å². The molecule has 0 aliphatic rings. The van der Waals surface area contributed by atoms with Gasteiger partial charge in [-0.15, -0.1) is 0 Å². The van der Waals surface area contributed by atoms with Crippen molar-refractivity contribution in [1.82, 2.24) is 24.3 Å². The van der Waals surface area contributed by atoms with Gasteiger partial charge in [-0.2, -0.15) is 10.4 Å². The molecule has 134 valence electrons. The molecule has 1 N–H and O–H groups in total. The molecule has 4 heterocycles. The maximum Gasteiger partial charge on any atom is 0.205 e. The third kappa shape index (κ3) is 2.85. The van der Waals surface area contributed by atoms with Crippen molar-refractivity contribution < 1.29 is 9.84 Å². The summed E-state index contributed by atoms with van der Waals surface area (Å²) < 4.78 is 8.35. The Bertz CT molecular complexity index is 1180. The highest BCUT2D eigenvalue weighted by atomic mass is 16.5. The Morgan fingerprint density at radius 3 is 2.85 bits per heavy atom. The van der Waals surface area contributed by atoms with Crippen LogP contribution in [0.3, 0.4) is 0 Å². The van der Waals surface area contributed by atoms with Crippen LogP contribution in [-0.2, 0) is 6.54 Å². The van der Waals surface area contributed by atoms with Crippen LogP contribution in [0.25, 0.3) is 27.8 Å². The van der Waals surface area contributed by atoms with Crippen LogP contribution in [0.15, 0.2) is 43.1 Å². The van der Waals surface area contributed by atoms with Crippen LogP contribution in [0, 0.1) is 18.3 Å². The summed E-state index contributed by atoms with van der Waals surface area (Å²) in [6.07, 6.45) is 8.40. The molecule has 27 heavy (non-hydrogen) atoms. The molecule has 4 aromatic heterocycles. The lowest BCUT2D eigenvalue weighted by Gasteiger charge is -2.05. The Morgan fingerprint density at radius 2 is 2.07 bits per heavy atom. The number of rotatable bonds is 4. The third-order valence-electron chi connectivity index (χ3n) is 4.32. The molecule has 0 aromatic carbocycles. The fraction of sp³-hybridized carbons (Fsp3) is 0.158. The topological polar surface area (TPSA) is 102 Å². The minimum absolute atomic E-state index is 0.0850. The molecule has 0 unspecified atom stereocenters. The second-order valence-corrected chi connectivity index (χ2v) is 6.08. The quantitative estimate of drug-likeness (QED) is 0.600. The molecule has 0 amide bonds. The smallest absolute Gasteiger partial charge is 0.205 e. The number of hydrogen-bond acceptors (Lipinski definition) is 6. The number of aromatic nitrogens is 5. The van der Waals surface area contributed by atoms with Crippen molar-refractivity contribution in [3.63, 3.8) is 0 Å². The van der Waals surface area contributed by atoms with Gasteiger partial charge in [0.25, 0.3) is 0 Å². The van der Waals surface area contributed by atoms with Crippen molar-refractivity contribution in [1.29, 1.82) is 5.26 Å². The number of aromatic hydroxyl groups is 1. The van der Waals surface area contributed by atoms with E-state index in [1.807, 2.05) is 25.1 Å². The first kappa shape index (κ1) is 16.6. The van der Waals surface area contributed by atoms with Gasteiger partial charge in [-0.1, -0.05) is 0 Å². The van der Waals surface area contributed by atoms with Gasteiger partial charge < -0.3 is 9.84 Å². The number of ether oxygens (including phenoxy) is 1. The van der Waals surface area contributed by atoms with Crippen molar-refractivity contribution >= 4 is 10.9 Å². The van der Waals surface area contributed by atoms with E-state index in [0.29, 0.717) is 22.3 Å². The van der Waals surface area contributed by atoms with Crippen molar-refractivity contribution in [2.24, 2.45) is 0 Å². The summed E-state index contributed by atoms with van der Waals surface area (Å²) in [4.78, 5) is 8.85. The largest absolute Gasteiger partial charge is 0.495 e. The number of hydrogen-bond donors (Lipinski definition) is 1. The van der Waals surface area contributed by atoms with Gasteiger partial charge >= 0.3 is 0 Å². The molecule has 8 nitrogen and oxygen atoms in total. The van der Waals surface area contributed by atoms with Gasteiger partial charge in [0.1, 0.15) is 12.3 Å². The van der Waals surface area contributed by atoms with Gasteiger partial charge in [-0.25, -0.2) is 4.98 Å². The minimum Gasteiger partial charge on any atom is -0.495 e. The number of nitriles is 1. The van der Waals surface area contributed by atoms with Crippen molar-refractivity contribution in [2.75, 3.05) is 7.11 Å². The zero-order chi connectivity index (χ0) is 19.0. The fourth-order valence-corrected chi connectivity index (χ4v) is 3.04. The zero-order valence-electron chi connectivity index (χ0n) is 14.8. The van der Waals surface area contributed by atoms with E-state index in [1.165, 1.54) is 4.68 Å². The third-order valence-corrected chi connectivity index (χ3v) is 4.32. The van der Waals surface area contributed by atoms with Crippen LogP contribution >= 0.6 is 0 Å². The van der Waals surface area contributed by atoms with Crippen LogP contribution in [0.4, 0.5) is 0 Å². The number of fused-ring (bicyclic) bond motifs is 1. The number of methoxy groups -OCH3 is 1. The maximum atomic E-state index is 10.7. The van der Waals surface area contributed by atoms with E-state index in [4.69, 9.17) is 10.00 Å². The van der Waals surface area contributed by atoms with E-state index in [0.717, 1.165) is 16.8 Å². The number of pyridine rings is 2. The molecule has 4 rings (SSSR count). The lowest BCUT2D eigenvalue weighted by atomic mass is 10.1. The van der Waals surface area contributed by atoms with Gasteiger partial charge in [-0.05, 0) is 24.6 Å². The zero-order valence-corrected chi connectivity index (χ0v) is 14.8. The first-order chi connectivity index (χ1) is 13.1. The van der Waals surface area contributed by atoms with E-state index in [-0.39, 0.29) is 12.4 Å². The average molecular weight is 360 g/mol. The van der Waals surface area contributed by atoms with Crippen LogP contribution in [0.5, 0.6) is 11.6 Å². The van der Waals surface area contributed by atoms with E-state index in [9.17, 15) is 5.11 Å². The van der Waals surface area contributed by atoms with Gasteiger partial charge in [0.05, 0.1) is 54.1 Å². The Kier molecular flexibility index (Phi) is 3.97. The number of aryl methyl sites for hydroxylation is 1.